The van der Waals surface area contributed by atoms with Gasteiger partial charge in [-0.2, -0.15) is 4.98 Å². The Kier molecular flexibility index (Phi) is 3.28. The van der Waals surface area contributed by atoms with Crippen molar-refractivity contribution in [2.45, 2.75) is 37.6 Å². The predicted octanol–water partition coefficient (Wildman–Crippen LogP) is 1.62. The van der Waals surface area contributed by atoms with E-state index >= 15 is 0 Å². The van der Waals surface area contributed by atoms with Gasteiger partial charge in [0.05, 0.1) is 6.04 Å². The molecule has 1 aliphatic heterocycles. The van der Waals surface area contributed by atoms with Crippen LogP contribution in [0.3, 0.4) is 0 Å². The van der Waals surface area contributed by atoms with E-state index in [4.69, 9.17) is 4.52 Å². The van der Waals surface area contributed by atoms with Crippen molar-refractivity contribution in [2.75, 3.05) is 6.54 Å². The molecule has 1 amide bonds. The van der Waals surface area contributed by atoms with Crippen LogP contribution in [0.1, 0.15) is 59.7 Å². The predicted molar refractivity (Wildman–Crippen MR) is 81.0 cm³/mol. The highest BCUT2D eigenvalue weighted by Crippen LogP contribution is 2.40. The lowest BCUT2D eigenvalue weighted by molar-refractivity contribution is 0.0728. The third-order valence-electron chi connectivity index (χ3n) is 4.55. The fourth-order valence-electron chi connectivity index (χ4n) is 3.00. The van der Waals surface area contributed by atoms with Crippen LogP contribution >= 0.6 is 0 Å². The topological polar surface area (TPSA) is 81.2 Å². The number of carbonyl (C=O) groups excluding carboxylic acids is 1. The number of pyridine rings is 1. The smallest absolute Gasteiger partial charge is 0.254 e. The van der Waals surface area contributed by atoms with Gasteiger partial charge in [0.25, 0.3) is 11.5 Å². The van der Waals surface area contributed by atoms with E-state index < -0.39 is 0 Å². The first-order valence-corrected chi connectivity index (χ1v) is 7.94. The van der Waals surface area contributed by atoms with E-state index in [1.165, 1.54) is 10.6 Å². The molecule has 23 heavy (non-hydrogen) atoms. The Bertz CT molecular complexity index is 806. The van der Waals surface area contributed by atoms with E-state index in [0.717, 1.165) is 25.7 Å². The first-order valence-electron chi connectivity index (χ1n) is 7.94. The van der Waals surface area contributed by atoms with E-state index in [-0.39, 0.29) is 17.5 Å². The molecule has 2 aliphatic rings. The van der Waals surface area contributed by atoms with Gasteiger partial charge in [0.15, 0.2) is 5.82 Å². The molecule has 2 fully saturated rings. The van der Waals surface area contributed by atoms with Gasteiger partial charge in [0.2, 0.25) is 5.89 Å². The Morgan fingerprint density at radius 1 is 1.35 bits per heavy atom. The molecule has 2 aromatic rings. The molecule has 1 atom stereocenters. The van der Waals surface area contributed by atoms with Gasteiger partial charge >= 0.3 is 0 Å². The molecule has 0 spiro atoms. The fraction of sp³-hybridized carbons (Fsp3) is 0.500. The average Bonchev–Trinajstić information content (AvgIpc) is 3.09. The highest BCUT2D eigenvalue weighted by molar-refractivity contribution is 5.94. The van der Waals surface area contributed by atoms with Gasteiger partial charge in [-0.1, -0.05) is 5.16 Å². The van der Waals surface area contributed by atoms with Crippen LogP contribution in [0.2, 0.25) is 0 Å². The Morgan fingerprint density at radius 3 is 2.91 bits per heavy atom. The van der Waals surface area contributed by atoms with E-state index in [2.05, 4.69) is 10.1 Å². The molecule has 0 radical (unpaired) electrons. The summed E-state index contributed by atoms with van der Waals surface area (Å²) in [5, 5.41) is 4.07. The van der Waals surface area contributed by atoms with Crippen LogP contribution < -0.4 is 5.56 Å². The minimum atomic E-state index is -0.192. The standard InChI is InChI=1S/C16H18N4O3/c1-19-8-6-11(9-13(19)21)16(22)20-7-2-3-12(20)14-17-15(23-18-14)10-4-5-10/h6,8-10,12H,2-5,7H2,1H3/t12-/m0/s1. The van der Waals surface area contributed by atoms with Crippen molar-refractivity contribution in [3.8, 4) is 0 Å². The van der Waals surface area contributed by atoms with Crippen LogP contribution in [-0.4, -0.2) is 32.1 Å². The van der Waals surface area contributed by atoms with Gasteiger partial charge in [-0.25, -0.2) is 0 Å². The fourth-order valence-corrected chi connectivity index (χ4v) is 3.00. The zero-order chi connectivity index (χ0) is 16.0. The highest BCUT2D eigenvalue weighted by atomic mass is 16.5. The molecule has 0 N–H and O–H groups in total. The summed E-state index contributed by atoms with van der Waals surface area (Å²) in [4.78, 5) is 30.7. The van der Waals surface area contributed by atoms with Crippen LogP contribution in [0.25, 0.3) is 0 Å². The van der Waals surface area contributed by atoms with Crippen molar-refractivity contribution in [1.29, 1.82) is 0 Å². The van der Waals surface area contributed by atoms with E-state index in [1.54, 1.807) is 24.2 Å². The SMILES string of the molecule is Cn1ccc(C(=O)N2CCC[C@H]2c2noc(C3CC3)n2)cc1=O. The molecule has 0 unspecified atom stereocenters. The summed E-state index contributed by atoms with van der Waals surface area (Å²) >= 11 is 0. The van der Waals surface area contributed by atoms with Crippen molar-refractivity contribution >= 4 is 5.91 Å². The van der Waals surface area contributed by atoms with Crippen LogP contribution in [0.15, 0.2) is 27.6 Å². The minimum absolute atomic E-state index is 0.150. The second-order valence-corrected chi connectivity index (χ2v) is 6.29. The van der Waals surface area contributed by atoms with Crippen molar-refractivity contribution < 1.29 is 9.32 Å². The molecule has 4 rings (SSSR count). The first kappa shape index (κ1) is 14.2. The number of nitrogens with zero attached hydrogens (tertiary/aromatic N) is 4. The van der Waals surface area contributed by atoms with Gasteiger partial charge in [-0.15, -0.1) is 0 Å². The van der Waals surface area contributed by atoms with Crippen LogP contribution in [-0.2, 0) is 7.05 Å². The molecule has 1 saturated heterocycles. The maximum absolute atomic E-state index is 12.7. The molecule has 7 heteroatoms. The van der Waals surface area contributed by atoms with Gasteiger partial charge < -0.3 is 14.0 Å². The summed E-state index contributed by atoms with van der Waals surface area (Å²) in [6, 6.07) is 2.89. The summed E-state index contributed by atoms with van der Waals surface area (Å²) in [7, 11) is 1.66. The number of amides is 1. The molecule has 3 heterocycles. The molecular weight excluding hydrogens is 296 g/mol. The number of hydrogen-bond acceptors (Lipinski definition) is 5. The lowest BCUT2D eigenvalue weighted by Crippen LogP contribution is -2.32. The van der Waals surface area contributed by atoms with Crippen molar-refractivity contribution in [3.63, 3.8) is 0 Å². The summed E-state index contributed by atoms with van der Waals surface area (Å²) in [6.07, 6.45) is 5.53. The molecule has 0 bridgehead atoms. The number of rotatable bonds is 3. The third kappa shape index (κ3) is 2.56. The number of hydrogen-bond donors (Lipinski definition) is 0. The maximum atomic E-state index is 12.7. The maximum Gasteiger partial charge on any atom is 0.254 e. The summed E-state index contributed by atoms with van der Waals surface area (Å²) in [6.45, 7) is 0.645. The zero-order valence-electron chi connectivity index (χ0n) is 12.9. The third-order valence-corrected chi connectivity index (χ3v) is 4.55. The van der Waals surface area contributed by atoms with Gasteiger partial charge in [0, 0.05) is 37.3 Å². The Balaban J connectivity index is 1.59. The summed E-state index contributed by atoms with van der Waals surface area (Å²) < 4.78 is 6.76. The monoisotopic (exact) mass is 314 g/mol. The number of carbonyl (C=O) groups is 1. The second-order valence-electron chi connectivity index (χ2n) is 6.29. The molecule has 1 saturated carbocycles. The highest BCUT2D eigenvalue weighted by Gasteiger charge is 2.36. The normalized spacial score (nSPS) is 20.9. The Hall–Kier alpha value is -2.44. The van der Waals surface area contributed by atoms with E-state index in [9.17, 15) is 9.59 Å². The molecule has 120 valence electrons. The second kappa shape index (κ2) is 5.33. The molecule has 0 aromatic carbocycles. The minimum Gasteiger partial charge on any atom is -0.339 e. The number of aryl methyl sites for hydroxylation is 1. The van der Waals surface area contributed by atoms with Gasteiger partial charge in [-0.3, -0.25) is 9.59 Å². The van der Waals surface area contributed by atoms with Crippen LogP contribution in [0, 0.1) is 0 Å². The van der Waals surface area contributed by atoms with Gasteiger partial charge in [-0.05, 0) is 31.7 Å². The zero-order valence-corrected chi connectivity index (χ0v) is 12.9. The summed E-state index contributed by atoms with van der Waals surface area (Å²) in [5.41, 5.74) is 0.216. The van der Waals surface area contributed by atoms with Crippen molar-refractivity contribution in [1.82, 2.24) is 19.6 Å². The Labute approximate surface area is 132 Å². The Morgan fingerprint density at radius 2 is 2.17 bits per heavy atom. The van der Waals surface area contributed by atoms with Crippen molar-refractivity contribution in [2.24, 2.45) is 7.05 Å². The van der Waals surface area contributed by atoms with Gasteiger partial charge in [0.1, 0.15) is 0 Å². The average molecular weight is 314 g/mol. The lowest BCUT2D eigenvalue weighted by Gasteiger charge is -2.22. The number of likely N-dealkylation sites (tertiary alicyclic amines) is 1. The molecular formula is C16H18N4O3. The molecule has 7 nitrogen and oxygen atoms in total. The lowest BCUT2D eigenvalue weighted by atomic mass is 10.2. The van der Waals surface area contributed by atoms with E-state index in [1.807, 2.05) is 0 Å². The van der Waals surface area contributed by atoms with Crippen LogP contribution in [0.4, 0.5) is 0 Å². The van der Waals surface area contributed by atoms with Crippen molar-refractivity contribution in [3.05, 3.63) is 46.0 Å². The molecule has 2 aromatic heterocycles. The number of aromatic nitrogens is 3. The molecule has 1 aliphatic carbocycles. The van der Waals surface area contributed by atoms with E-state index in [0.29, 0.717) is 29.7 Å². The summed E-state index contributed by atoms with van der Waals surface area (Å²) in [5.74, 6) is 1.52. The quantitative estimate of drug-likeness (QED) is 0.860. The van der Waals surface area contributed by atoms with Crippen LogP contribution in [0.5, 0.6) is 0 Å². The first-order chi connectivity index (χ1) is 11.1. The largest absolute Gasteiger partial charge is 0.339 e.